The Morgan fingerprint density at radius 2 is 1.75 bits per heavy atom. The van der Waals surface area contributed by atoms with Gasteiger partial charge in [0.25, 0.3) is 0 Å². The average molecular weight is 178 g/mol. The summed E-state index contributed by atoms with van der Waals surface area (Å²) in [5, 5.41) is 27.7. The minimum atomic E-state index is -1.23. The van der Waals surface area contributed by atoms with Gasteiger partial charge in [-0.3, -0.25) is 5.84 Å². The van der Waals surface area contributed by atoms with E-state index in [1.54, 1.807) is 6.92 Å². The molecule has 6 nitrogen and oxygen atoms in total. The minimum absolute atomic E-state index is 0.551. The van der Waals surface area contributed by atoms with Crippen LogP contribution in [0.15, 0.2) is 0 Å². The van der Waals surface area contributed by atoms with Crippen LogP contribution in [0.1, 0.15) is 6.92 Å². The third-order valence-corrected chi connectivity index (χ3v) is 2.02. The summed E-state index contributed by atoms with van der Waals surface area (Å²) in [6.45, 7) is 1.59. The fraction of sp³-hybridized carbons (Fsp3) is 1.00. The predicted octanol–water partition coefficient (Wildman–Crippen LogP) is -2.72. The van der Waals surface area contributed by atoms with Crippen LogP contribution in [-0.4, -0.2) is 46.0 Å². The van der Waals surface area contributed by atoms with Gasteiger partial charge in [0, 0.05) is 0 Å². The number of nitrogens with two attached hydrogens (primary N) is 1. The highest BCUT2D eigenvalue weighted by Crippen LogP contribution is 2.18. The second-order valence-electron chi connectivity index (χ2n) is 2.90. The van der Waals surface area contributed by atoms with Crippen molar-refractivity contribution in [1.29, 1.82) is 0 Å². The van der Waals surface area contributed by atoms with Crippen LogP contribution in [0.3, 0.4) is 0 Å². The molecule has 0 amide bonds. The van der Waals surface area contributed by atoms with Gasteiger partial charge in [-0.05, 0) is 6.92 Å². The zero-order valence-electron chi connectivity index (χ0n) is 6.71. The summed E-state index contributed by atoms with van der Waals surface area (Å²) in [6, 6.07) is 0. The van der Waals surface area contributed by atoms with Crippen molar-refractivity contribution in [2.75, 3.05) is 0 Å². The summed E-state index contributed by atoms with van der Waals surface area (Å²) in [5.41, 5.74) is 2.19. The number of rotatable bonds is 1. The minimum Gasteiger partial charge on any atom is -0.388 e. The lowest BCUT2D eigenvalue weighted by atomic mass is 9.99. The van der Waals surface area contributed by atoms with E-state index in [1.807, 2.05) is 0 Å². The lowest BCUT2D eigenvalue weighted by molar-refractivity contribution is -0.224. The number of hydrogen-bond donors (Lipinski definition) is 5. The lowest BCUT2D eigenvalue weighted by Crippen LogP contribution is -2.62. The van der Waals surface area contributed by atoms with E-state index >= 15 is 0 Å². The lowest BCUT2D eigenvalue weighted by Gasteiger charge is -2.38. The van der Waals surface area contributed by atoms with Crippen molar-refractivity contribution in [2.45, 2.75) is 37.6 Å². The summed E-state index contributed by atoms with van der Waals surface area (Å²) in [4.78, 5) is 0. The van der Waals surface area contributed by atoms with E-state index in [0.29, 0.717) is 0 Å². The van der Waals surface area contributed by atoms with E-state index in [9.17, 15) is 15.3 Å². The maximum atomic E-state index is 9.25. The summed E-state index contributed by atoms with van der Waals surface area (Å²) in [6.07, 6.45) is -4.90. The Morgan fingerprint density at radius 3 is 2.25 bits per heavy atom. The first-order valence-electron chi connectivity index (χ1n) is 3.73. The van der Waals surface area contributed by atoms with Crippen molar-refractivity contribution in [3.63, 3.8) is 0 Å². The molecule has 12 heavy (non-hydrogen) atoms. The fourth-order valence-electron chi connectivity index (χ4n) is 1.19. The van der Waals surface area contributed by atoms with E-state index < -0.39 is 30.6 Å². The zero-order chi connectivity index (χ0) is 9.30. The molecule has 0 bridgehead atoms. The Balaban J connectivity index is 2.63. The zero-order valence-corrected chi connectivity index (χ0v) is 6.71. The van der Waals surface area contributed by atoms with Crippen molar-refractivity contribution in [1.82, 2.24) is 5.43 Å². The second kappa shape index (κ2) is 3.65. The molecule has 6 N–H and O–H groups in total. The van der Waals surface area contributed by atoms with Gasteiger partial charge in [0.15, 0.2) is 0 Å². The first-order valence-corrected chi connectivity index (χ1v) is 3.73. The molecule has 1 fully saturated rings. The normalized spacial score (nSPS) is 49.2. The molecule has 0 radical (unpaired) electrons. The van der Waals surface area contributed by atoms with Gasteiger partial charge in [0.2, 0.25) is 0 Å². The van der Waals surface area contributed by atoms with E-state index in [2.05, 4.69) is 5.43 Å². The van der Waals surface area contributed by atoms with Crippen molar-refractivity contribution < 1.29 is 20.1 Å². The summed E-state index contributed by atoms with van der Waals surface area (Å²) in [7, 11) is 0. The second-order valence-corrected chi connectivity index (χ2v) is 2.90. The van der Waals surface area contributed by atoms with E-state index in [0.717, 1.165) is 0 Å². The Hall–Kier alpha value is -0.240. The predicted molar refractivity (Wildman–Crippen MR) is 39.7 cm³/mol. The third kappa shape index (κ3) is 1.58. The SMILES string of the molecule is C[C@@H]1OC(NN)[C@@H](O)[C@H](O)[C@@H]1O. The number of hydrogen-bond acceptors (Lipinski definition) is 6. The van der Waals surface area contributed by atoms with Crippen molar-refractivity contribution in [3.8, 4) is 0 Å². The molecule has 6 heteroatoms. The first kappa shape index (κ1) is 9.85. The van der Waals surface area contributed by atoms with Gasteiger partial charge in [-0.1, -0.05) is 0 Å². The molecule has 1 aliphatic rings. The maximum absolute atomic E-state index is 9.25. The Bertz CT molecular complexity index is 152. The molecule has 1 unspecified atom stereocenters. The van der Waals surface area contributed by atoms with Crippen LogP contribution in [-0.2, 0) is 4.74 Å². The Kier molecular flexibility index (Phi) is 2.99. The van der Waals surface area contributed by atoms with Crippen molar-refractivity contribution in [3.05, 3.63) is 0 Å². The molecule has 0 aromatic heterocycles. The topological polar surface area (TPSA) is 108 Å². The van der Waals surface area contributed by atoms with Crippen molar-refractivity contribution in [2.24, 2.45) is 5.84 Å². The highest BCUT2D eigenvalue weighted by atomic mass is 16.5. The van der Waals surface area contributed by atoms with Crippen molar-refractivity contribution >= 4 is 0 Å². The summed E-state index contributed by atoms with van der Waals surface area (Å²) < 4.78 is 5.03. The van der Waals surface area contributed by atoms with Gasteiger partial charge < -0.3 is 20.1 Å². The van der Waals surface area contributed by atoms with Gasteiger partial charge in [0.05, 0.1) is 6.10 Å². The molecule has 1 rings (SSSR count). The molecular weight excluding hydrogens is 164 g/mol. The fourth-order valence-corrected chi connectivity index (χ4v) is 1.19. The molecule has 5 atom stereocenters. The number of aliphatic hydroxyl groups excluding tert-OH is 3. The first-order chi connectivity index (χ1) is 5.57. The molecule has 0 aromatic rings. The summed E-state index contributed by atoms with van der Waals surface area (Å²) in [5.74, 6) is 5.04. The Labute approximate surface area is 69.9 Å². The number of aliphatic hydroxyl groups is 3. The van der Waals surface area contributed by atoms with Gasteiger partial charge in [-0.25, -0.2) is 5.43 Å². The number of nitrogens with one attached hydrogen (secondary N) is 1. The van der Waals surface area contributed by atoms with Gasteiger partial charge in [-0.2, -0.15) is 0 Å². The van der Waals surface area contributed by atoms with Crippen LogP contribution in [0.25, 0.3) is 0 Å². The van der Waals surface area contributed by atoms with Gasteiger partial charge in [-0.15, -0.1) is 0 Å². The highest BCUT2D eigenvalue weighted by molar-refractivity contribution is 4.88. The van der Waals surface area contributed by atoms with Crippen LogP contribution in [0.5, 0.6) is 0 Å². The molecule has 1 saturated heterocycles. The number of hydrazine groups is 1. The molecule has 0 spiro atoms. The molecule has 0 aromatic carbocycles. The standard InChI is InChI=1S/C6H14N2O4/c1-2-3(9)4(10)5(11)6(8-7)12-2/h2-6,8-11H,7H2,1H3/t2-,3+,4+,5-,6?/m0/s1. The average Bonchev–Trinajstić information content (AvgIpc) is 2.08. The monoisotopic (exact) mass is 178 g/mol. The Morgan fingerprint density at radius 1 is 1.17 bits per heavy atom. The van der Waals surface area contributed by atoms with Crippen LogP contribution in [0, 0.1) is 0 Å². The molecule has 1 heterocycles. The molecule has 0 saturated carbocycles. The van der Waals surface area contributed by atoms with Crippen LogP contribution in [0.2, 0.25) is 0 Å². The van der Waals surface area contributed by atoms with Gasteiger partial charge in [0.1, 0.15) is 24.5 Å². The highest BCUT2D eigenvalue weighted by Gasteiger charge is 2.41. The van der Waals surface area contributed by atoms with E-state index in [1.165, 1.54) is 0 Å². The quantitative estimate of drug-likeness (QED) is 0.220. The van der Waals surface area contributed by atoms with Crippen LogP contribution < -0.4 is 11.3 Å². The summed E-state index contributed by atoms with van der Waals surface area (Å²) >= 11 is 0. The molecule has 72 valence electrons. The maximum Gasteiger partial charge on any atom is 0.149 e. The molecule has 1 aliphatic heterocycles. The van der Waals surface area contributed by atoms with E-state index in [-0.39, 0.29) is 0 Å². The number of ether oxygens (including phenoxy) is 1. The van der Waals surface area contributed by atoms with E-state index in [4.69, 9.17) is 10.6 Å². The molecular formula is C6H14N2O4. The smallest absolute Gasteiger partial charge is 0.149 e. The largest absolute Gasteiger partial charge is 0.388 e. The van der Waals surface area contributed by atoms with Gasteiger partial charge >= 0.3 is 0 Å². The third-order valence-electron chi connectivity index (χ3n) is 2.02. The van der Waals surface area contributed by atoms with Crippen LogP contribution >= 0.6 is 0 Å². The van der Waals surface area contributed by atoms with Crippen LogP contribution in [0.4, 0.5) is 0 Å². The molecule has 0 aliphatic carbocycles.